The topological polar surface area (TPSA) is 69.1 Å². The van der Waals surface area contributed by atoms with Gasteiger partial charge in [-0.2, -0.15) is 0 Å². The van der Waals surface area contributed by atoms with Crippen molar-refractivity contribution >= 4 is 34.7 Å². The number of rotatable bonds is 2. The minimum atomic E-state index is -0.219. The molecule has 0 aliphatic rings. The van der Waals surface area contributed by atoms with E-state index < -0.39 is 0 Å². The molecule has 1 aromatic rings. The molecule has 0 spiro atoms. The molecule has 13 heavy (non-hydrogen) atoms. The lowest BCUT2D eigenvalue weighted by Crippen LogP contribution is -2.13. The summed E-state index contributed by atoms with van der Waals surface area (Å²) in [6.07, 6.45) is 0. The van der Waals surface area contributed by atoms with Crippen LogP contribution in [-0.4, -0.2) is 12.3 Å². The summed E-state index contributed by atoms with van der Waals surface area (Å²) in [5.41, 5.74) is 11.3. The Morgan fingerprint density at radius 2 is 1.77 bits per heavy atom. The van der Waals surface area contributed by atoms with Crippen molar-refractivity contribution in [2.45, 2.75) is 0 Å². The summed E-state index contributed by atoms with van der Waals surface area (Å²) >= 11 is 11.4. The van der Waals surface area contributed by atoms with Gasteiger partial charge in [0.15, 0.2) is 5.78 Å². The molecule has 0 amide bonds. The first-order valence-electron chi connectivity index (χ1n) is 3.54. The Bertz CT molecular complexity index is 329. The molecule has 0 radical (unpaired) electrons. The van der Waals surface area contributed by atoms with Crippen molar-refractivity contribution in [3.8, 4) is 0 Å². The maximum Gasteiger partial charge on any atom is 0.176 e. The fourth-order valence-corrected chi connectivity index (χ4v) is 1.35. The highest BCUT2D eigenvalue weighted by atomic mass is 35.5. The van der Waals surface area contributed by atoms with Gasteiger partial charge in [-0.3, -0.25) is 4.79 Å². The number of ketones is 1. The van der Waals surface area contributed by atoms with Gasteiger partial charge in [-0.1, -0.05) is 23.2 Å². The average Bonchev–Trinajstić information content (AvgIpc) is 2.12. The van der Waals surface area contributed by atoms with Gasteiger partial charge in [-0.05, 0) is 12.1 Å². The van der Waals surface area contributed by atoms with Crippen LogP contribution in [0.1, 0.15) is 10.4 Å². The summed E-state index contributed by atoms with van der Waals surface area (Å²) in [5.74, 6) is -0.219. The van der Waals surface area contributed by atoms with E-state index in [1.54, 1.807) is 0 Å². The summed E-state index contributed by atoms with van der Waals surface area (Å²) in [5, 5.41) is 0.536. The van der Waals surface area contributed by atoms with E-state index in [1.165, 1.54) is 12.1 Å². The molecule has 4 N–H and O–H groups in total. The first kappa shape index (κ1) is 10.3. The quantitative estimate of drug-likeness (QED) is 0.587. The summed E-state index contributed by atoms with van der Waals surface area (Å²) < 4.78 is 0. The molecule has 0 aliphatic carbocycles. The zero-order valence-electron chi connectivity index (χ0n) is 6.68. The van der Waals surface area contributed by atoms with Crippen LogP contribution in [0, 0.1) is 0 Å². The second-order valence-electron chi connectivity index (χ2n) is 2.48. The third-order valence-electron chi connectivity index (χ3n) is 1.59. The lowest BCUT2D eigenvalue weighted by atomic mass is 10.1. The fourth-order valence-electron chi connectivity index (χ4n) is 0.863. The lowest BCUT2D eigenvalue weighted by molar-refractivity contribution is 0.100. The van der Waals surface area contributed by atoms with Crippen LogP contribution in [0.4, 0.5) is 5.69 Å². The van der Waals surface area contributed by atoms with E-state index >= 15 is 0 Å². The minimum absolute atomic E-state index is 0.0728. The molecule has 0 fully saturated rings. The van der Waals surface area contributed by atoms with Crippen molar-refractivity contribution in [3.63, 3.8) is 0 Å². The smallest absolute Gasteiger partial charge is 0.176 e. The van der Waals surface area contributed by atoms with Crippen LogP contribution in [0.3, 0.4) is 0 Å². The van der Waals surface area contributed by atoms with E-state index in [0.29, 0.717) is 5.56 Å². The summed E-state index contributed by atoms with van der Waals surface area (Å²) in [6.45, 7) is -0.0728. The number of carbonyl (C=O) groups is 1. The molecule has 0 aliphatic heterocycles. The van der Waals surface area contributed by atoms with Crippen molar-refractivity contribution in [1.82, 2.24) is 0 Å². The fraction of sp³-hybridized carbons (Fsp3) is 0.125. The van der Waals surface area contributed by atoms with E-state index in [4.69, 9.17) is 34.7 Å². The van der Waals surface area contributed by atoms with E-state index in [-0.39, 0.29) is 28.1 Å². The normalized spacial score (nSPS) is 10.1. The highest BCUT2D eigenvalue weighted by Crippen LogP contribution is 2.28. The molecular formula is C8H8Cl2N2O. The number of nitrogens with two attached hydrogens (primary N) is 2. The molecule has 0 saturated heterocycles. The highest BCUT2D eigenvalue weighted by Gasteiger charge is 2.09. The summed E-state index contributed by atoms with van der Waals surface area (Å²) in [7, 11) is 0. The van der Waals surface area contributed by atoms with Crippen molar-refractivity contribution in [1.29, 1.82) is 0 Å². The molecular weight excluding hydrogens is 211 g/mol. The van der Waals surface area contributed by atoms with Crippen LogP contribution in [-0.2, 0) is 0 Å². The van der Waals surface area contributed by atoms with Crippen LogP contribution in [0.15, 0.2) is 12.1 Å². The minimum Gasteiger partial charge on any atom is -0.396 e. The van der Waals surface area contributed by atoms with E-state index in [9.17, 15) is 4.79 Å². The van der Waals surface area contributed by atoms with Gasteiger partial charge in [0.05, 0.1) is 22.3 Å². The van der Waals surface area contributed by atoms with Gasteiger partial charge in [-0.15, -0.1) is 0 Å². The molecule has 0 bridgehead atoms. The Kier molecular flexibility index (Phi) is 3.14. The van der Waals surface area contributed by atoms with Crippen LogP contribution in [0.5, 0.6) is 0 Å². The van der Waals surface area contributed by atoms with Gasteiger partial charge in [0, 0.05) is 5.56 Å². The van der Waals surface area contributed by atoms with Gasteiger partial charge in [0.1, 0.15) is 0 Å². The van der Waals surface area contributed by atoms with Gasteiger partial charge < -0.3 is 11.5 Å². The SMILES string of the molecule is NCC(=O)c1cc(Cl)c(N)c(Cl)c1. The molecule has 0 unspecified atom stereocenters. The van der Waals surface area contributed by atoms with Crippen molar-refractivity contribution in [2.24, 2.45) is 5.73 Å². The third-order valence-corrected chi connectivity index (χ3v) is 2.21. The van der Waals surface area contributed by atoms with Crippen LogP contribution in [0.2, 0.25) is 10.0 Å². The molecule has 70 valence electrons. The third kappa shape index (κ3) is 2.12. The second kappa shape index (κ2) is 3.96. The summed E-state index contributed by atoms with van der Waals surface area (Å²) in [4.78, 5) is 11.1. The summed E-state index contributed by atoms with van der Waals surface area (Å²) in [6, 6.07) is 2.91. The standard InChI is InChI=1S/C8H8Cl2N2O/c9-5-1-4(7(13)3-11)2-6(10)8(5)12/h1-2H,3,11-12H2. The van der Waals surface area contributed by atoms with Gasteiger partial charge in [0.25, 0.3) is 0 Å². The monoisotopic (exact) mass is 218 g/mol. The van der Waals surface area contributed by atoms with Crippen molar-refractivity contribution in [3.05, 3.63) is 27.7 Å². The predicted molar refractivity (Wildman–Crippen MR) is 54.3 cm³/mol. The zero-order chi connectivity index (χ0) is 10.0. The Morgan fingerprint density at radius 1 is 1.31 bits per heavy atom. The van der Waals surface area contributed by atoms with Gasteiger partial charge in [0.2, 0.25) is 0 Å². The van der Waals surface area contributed by atoms with Crippen molar-refractivity contribution < 1.29 is 4.79 Å². The predicted octanol–water partition coefficient (Wildman–Crippen LogP) is 1.72. The molecule has 0 saturated carbocycles. The first-order valence-corrected chi connectivity index (χ1v) is 4.29. The van der Waals surface area contributed by atoms with E-state index in [2.05, 4.69) is 0 Å². The molecule has 0 heterocycles. The van der Waals surface area contributed by atoms with E-state index in [1.807, 2.05) is 0 Å². The molecule has 5 heteroatoms. The molecule has 0 atom stereocenters. The van der Waals surface area contributed by atoms with E-state index in [0.717, 1.165) is 0 Å². The number of hydrogen-bond donors (Lipinski definition) is 2. The number of Topliss-reactive ketones (excluding diaryl/α,β-unsaturated/α-hetero) is 1. The van der Waals surface area contributed by atoms with Crippen LogP contribution in [0.25, 0.3) is 0 Å². The Hall–Kier alpha value is -0.770. The second-order valence-corrected chi connectivity index (χ2v) is 3.30. The van der Waals surface area contributed by atoms with Gasteiger partial charge in [-0.25, -0.2) is 0 Å². The number of benzene rings is 1. The first-order chi connectivity index (χ1) is 6.06. The zero-order valence-corrected chi connectivity index (χ0v) is 8.19. The molecule has 1 aromatic carbocycles. The van der Waals surface area contributed by atoms with Crippen LogP contribution < -0.4 is 11.5 Å². The lowest BCUT2D eigenvalue weighted by Gasteiger charge is -2.04. The molecule has 1 rings (SSSR count). The van der Waals surface area contributed by atoms with Gasteiger partial charge >= 0.3 is 0 Å². The van der Waals surface area contributed by atoms with Crippen molar-refractivity contribution in [2.75, 3.05) is 12.3 Å². The highest BCUT2D eigenvalue weighted by molar-refractivity contribution is 6.39. The number of carbonyl (C=O) groups excluding carboxylic acids is 1. The Balaban J connectivity index is 3.20. The number of halogens is 2. The number of hydrogen-bond acceptors (Lipinski definition) is 3. The largest absolute Gasteiger partial charge is 0.396 e. The number of anilines is 1. The Morgan fingerprint density at radius 3 is 2.15 bits per heavy atom. The number of nitrogen functional groups attached to an aromatic ring is 1. The average molecular weight is 219 g/mol. The van der Waals surface area contributed by atoms with Crippen LogP contribution >= 0.6 is 23.2 Å². The molecule has 0 aromatic heterocycles. The maximum absolute atomic E-state index is 11.1. The maximum atomic E-state index is 11.1. The molecule has 3 nitrogen and oxygen atoms in total. The Labute approximate surface area is 85.6 Å².